The predicted molar refractivity (Wildman–Crippen MR) is 199 cm³/mol. The monoisotopic (exact) mass is 645 g/mol. The van der Waals surface area contributed by atoms with Gasteiger partial charge in [-0.15, -0.1) is 0 Å². The Hall–Kier alpha value is -4.97. The van der Waals surface area contributed by atoms with Crippen LogP contribution in [0.15, 0.2) is 138 Å². The molecule has 2 N–H and O–H groups in total. The molecular weight excluding hydrogens is 594 g/mol. The smallest absolute Gasteiger partial charge is 0.220 e. The SMILES string of the molecule is CCC=CCC=CCC=CCC=CCC=CCC=CCCC(=O)NCCNC(=O)CCc1nc(-c2ccccc2)c(-c2ccccc2)o1. The molecule has 0 atom stereocenters. The molecule has 6 nitrogen and oxygen atoms in total. The lowest BCUT2D eigenvalue weighted by molar-refractivity contribution is -0.122. The zero-order chi connectivity index (χ0) is 33.9. The van der Waals surface area contributed by atoms with Gasteiger partial charge in [-0.3, -0.25) is 9.59 Å². The topological polar surface area (TPSA) is 84.2 Å². The average molecular weight is 646 g/mol. The summed E-state index contributed by atoms with van der Waals surface area (Å²) >= 11 is 0. The highest BCUT2D eigenvalue weighted by Crippen LogP contribution is 2.32. The highest BCUT2D eigenvalue weighted by Gasteiger charge is 2.17. The van der Waals surface area contributed by atoms with Crippen molar-refractivity contribution >= 4 is 11.8 Å². The van der Waals surface area contributed by atoms with Crippen LogP contribution in [-0.4, -0.2) is 29.9 Å². The van der Waals surface area contributed by atoms with E-state index in [1.807, 2.05) is 66.7 Å². The van der Waals surface area contributed by atoms with E-state index in [2.05, 4.69) is 84.4 Å². The summed E-state index contributed by atoms with van der Waals surface area (Å²) < 4.78 is 6.11. The van der Waals surface area contributed by atoms with Crippen LogP contribution in [-0.2, 0) is 16.0 Å². The molecule has 2 aromatic carbocycles. The third-order valence-corrected chi connectivity index (χ3v) is 7.22. The molecule has 1 aromatic heterocycles. The molecule has 0 aliphatic heterocycles. The van der Waals surface area contributed by atoms with Crippen LogP contribution in [0.1, 0.15) is 70.6 Å². The van der Waals surface area contributed by atoms with Gasteiger partial charge in [-0.1, -0.05) is 140 Å². The Morgan fingerprint density at radius 2 is 1.06 bits per heavy atom. The second kappa shape index (κ2) is 24.2. The summed E-state index contributed by atoms with van der Waals surface area (Å²) in [5.41, 5.74) is 2.67. The molecule has 252 valence electrons. The van der Waals surface area contributed by atoms with E-state index in [0.717, 1.165) is 55.3 Å². The number of hydrogen-bond acceptors (Lipinski definition) is 4. The standard InChI is InChI=1S/C42H51N3O3/c1-2-3-4-5-6-7-8-9-10-11-12-13-14-15-16-17-18-19-26-31-38(46)43-34-35-44-39(47)32-33-40-45-41(36-27-22-20-23-28-36)42(48-40)37-29-24-21-25-30-37/h3-4,6-7,9-10,12-13,15-16,18-25,27-30H,2,5,8,11,14,17,26,31-35H2,1H3,(H,43,46)(H,44,47). The number of allylic oxidation sites excluding steroid dienone is 12. The molecule has 0 fully saturated rings. The summed E-state index contributed by atoms with van der Waals surface area (Å²) in [5, 5.41) is 5.73. The number of hydrogen-bond donors (Lipinski definition) is 2. The van der Waals surface area contributed by atoms with E-state index in [1.165, 1.54) is 0 Å². The van der Waals surface area contributed by atoms with Crippen molar-refractivity contribution in [3.8, 4) is 22.6 Å². The minimum absolute atomic E-state index is 0.0227. The summed E-state index contributed by atoms with van der Waals surface area (Å²) in [6, 6.07) is 19.8. The maximum absolute atomic E-state index is 12.4. The second-order valence-electron chi connectivity index (χ2n) is 11.2. The molecule has 0 radical (unpaired) electrons. The van der Waals surface area contributed by atoms with Gasteiger partial charge in [-0.25, -0.2) is 4.98 Å². The van der Waals surface area contributed by atoms with Crippen molar-refractivity contribution in [2.45, 2.75) is 71.1 Å². The van der Waals surface area contributed by atoms with Crippen LogP contribution in [0.4, 0.5) is 0 Å². The van der Waals surface area contributed by atoms with E-state index in [9.17, 15) is 9.59 Å². The van der Waals surface area contributed by atoms with Crippen molar-refractivity contribution in [2.75, 3.05) is 13.1 Å². The molecule has 2 amide bonds. The number of amides is 2. The van der Waals surface area contributed by atoms with E-state index >= 15 is 0 Å². The van der Waals surface area contributed by atoms with Crippen LogP contribution in [0.2, 0.25) is 0 Å². The van der Waals surface area contributed by atoms with Gasteiger partial charge in [0.05, 0.1) is 0 Å². The third kappa shape index (κ3) is 16.0. The molecule has 0 bridgehead atoms. The summed E-state index contributed by atoms with van der Waals surface area (Å²) in [4.78, 5) is 29.3. The van der Waals surface area contributed by atoms with Crippen LogP contribution < -0.4 is 10.6 Å². The fourth-order valence-corrected chi connectivity index (χ4v) is 4.70. The van der Waals surface area contributed by atoms with Crippen molar-refractivity contribution in [2.24, 2.45) is 0 Å². The third-order valence-electron chi connectivity index (χ3n) is 7.22. The van der Waals surface area contributed by atoms with Crippen LogP contribution in [0.25, 0.3) is 22.6 Å². The Morgan fingerprint density at radius 3 is 1.58 bits per heavy atom. The molecule has 0 spiro atoms. The largest absolute Gasteiger partial charge is 0.440 e. The number of nitrogens with one attached hydrogen (secondary N) is 2. The Labute approximate surface area is 287 Å². The quantitative estimate of drug-likeness (QED) is 0.0842. The van der Waals surface area contributed by atoms with Crippen molar-refractivity contribution in [1.82, 2.24) is 15.6 Å². The lowest BCUT2D eigenvalue weighted by Crippen LogP contribution is -2.34. The van der Waals surface area contributed by atoms with Gasteiger partial charge in [0.1, 0.15) is 5.69 Å². The van der Waals surface area contributed by atoms with Crippen molar-refractivity contribution in [3.63, 3.8) is 0 Å². The molecule has 1 heterocycles. The normalized spacial score (nSPS) is 12.1. The predicted octanol–water partition coefficient (Wildman–Crippen LogP) is 9.65. The summed E-state index contributed by atoms with van der Waals surface area (Å²) in [7, 11) is 0. The molecule has 48 heavy (non-hydrogen) atoms. The van der Waals surface area contributed by atoms with E-state index < -0.39 is 0 Å². The fraction of sp³-hybridized carbons (Fsp3) is 0.310. The van der Waals surface area contributed by atoms with Crippen molar-refractivity contribution < 1.29 is 14.0 Å². The van der Waals surface area contributed by atoms with Gasteiger partial charge in [0.25, 0.3) is 0 Å². The van der Waals surface area contributed by atoms with Crippen LogP contribution >= 0.6 is 0 Å². The van der Waals surface area contributed by atoms with E-state index in [1.54, 1.807) is 0 Å². The van der Waals surface area contributed by atoms with E-state index in [-0.39, 0.29) is 18.2 Å². The van der Waals surface area contributed by atoms with Crippen LogP contribution in [0.5, 0.6) is 0 Å². The first-order valence-corrected chi connectivity index (χ1v) is 17.2. The van der Waals surface area contributed by atoms with Gasteiger partial charge >= 0.3 is 0 Å². The van der Waals surface area contributed by atoms with Gasteiger partial charge in [0.2, 0.25) is 11.8 Å². The lowest BCUT2D eigenvalue weighted by atomic mass is 10.1. The summed E-state index contributed by atoms with van der Waals surface area (Å²) in [6.45, 7) is 2.92. The minimum Gasteiger partial charge on any atom is -0.440 e. The number of carbonyl (C=O) groups excluding carboxylic acids is 2. The molecule has 0 saturated carbocycles. The molecular formula is C42H51N3O3. The Balaban J connectivity index is 1.21. The number of nitrogens with zero attached hydrogens (tertiary/aromatic N) is 1. The number of aryl methyl sites for hydroxylation is 1. The van der Waals surface area contributed by atoms with E-state index in [0.29, 0.717) is 44.0 Å². The summed E-state index contributed by atoms with van der Waals surface area (Å²) in [6.07, 6.45) is 33.6. The molecule has 0 aliphatic rings. The first-order chi connectivity index (χ1) is 23.7. The Kier molecular flexibility index (Phi) is 18.9. The lowest BCUT2D eigenvalue weighted by Gasteiger charge is -2.06. The number of benzene rings is 2. The highest BCUT2D eigenvalue weighted by molar-refractivity contribution is 5.78. The van der Waals surface area contributed by atoms with Gasteiger partial charge in [-0.05, 0) is 44.9 Å². The van der Waals surface area contributed by atoms with Crippen LogP contribution in [0, 0.1) is 0 Å². The van der Waals surface area contributed by atoms with Crippen molar-refractivity contribution in [3.05, 3.63) is 139 Å². The number of aromatic nitrogens is 1. The van der Waals surface area contributed by atoms with Gasteiger partial charge in [0.15, 0.2) is 11.7 Å². The minimum atomic E-state index is -0.108. The molecule has 0 unspecified atom stereocenters. The first-order valence-electron chi connectivity index (χ1n) is 17.2. The number of rotatable bonds is 22. The first kappa shape index (κ1) is 37.5. The average Bonchev–Trinajstić information content (AvgIpc) is 3.55. The molecule has 3 rings (SSSR count). The molecule has 0 saturated heterocycles. The van der Waals surface area contributed by atoms with Crippen LogP contribution in [0.3, 0.4) is 0 Å². The zero-order valence-electron chi connectivity index (χ0n) is 28.4. The highest BCUT2D eigenvalue weighted by atomic mass is 16.4. The number of carbonyl (C=O) groups is 2. The second-order valence-corrected chi connectivity index (χ2v) is 11.2. The Morgan fingerprint density at radius 1 is 0.604 bits per heavy atom. The zero-order valence-corrected chi connectivity index (χ0v) is 28.4. The number of oxazole rings is 1. The van der Waals surface area contributed by atoms with Gasteiger partial charge < -0.3 is 15.1 Å². The molecule has 3 aromatic rings. The van der Waals surface area contributed by atoms with Gasteiger partial charge in [-0.2, -0.15) is 0 Å². The molecule has 6 heteroatoms. The Bertz CT molecular complexity index is 1450. The van der Waals surface area contributed by atoms with Crippen molar-refractivity contribution in [1.29, 1.82) is 0 Å². The van der Waals surface area contributed by atoms with Gasteiger partial charge in [0, 0.05) is 43.5 Å². The maximum Gasteiger partial charge on any atom is 0.220 e. The fourth-order valence-electron chi connectivity index (χ4n) is 4.70. The van der Waals surface area contributed by atoms with E-state index in [4.69, 9.17) is 9.40 Å². The molecule has 0 aliphatic carbocycles. The maximum atomic E-state index is 12.4. The summed E-state index contributed by atoms with van der Waals surface area (Å²) in [5.74, 6) is 1.09.